The Hall–Kier alpha value is -0.610. The summed E-state index contributed by atoms with van der Waals surface area (Å²) in [5, 5.41) is 0. The molecule has 1 atom stereocenters. The van der Waals surface area contributed by atoms with Crippen molar-refractivity contribution < 1.29 is 19.0 Å². The van der Waals surface area contributed by atoms with Gasteiger partial charge in [-0.1, -0.05) is 32.6 Å². The summed E-state index contributed by atoms with van der Waals surface area (Å²) in [6.45, 7) is 3.63. The van der Waals surface area contributed by atoms with Crippen molar-refractivity contribution in [3.63, 3.8) is 0 Å². The number of carbonyl (C=O) groups excluding carboxylic acids is 1. The van der Waals surface area contributed by atoms with Crippen molar-refractivity contribution in [2.75, 3.05) is 19.8 Å². The molecule has 1 unspecified atom stereocenters. The Morgan fingerprint density at radius 3 is 2.75 bits per heavy atom. The largest absolute Gasteiger partial charge is 0.433 e. The van der Waals surface area contributed by atoms with Crippen LogP contribution in [0.15, 0.2) is 0 Å². The Bertz CT molecular complexity index is 187. The van der Waals surface area contributed by atoms with Crippen molar-refractivity contribution >= 4 is 5.97 Å². The van der Waals surface area contributed by atoms with Crippen LogP contribution in [0.25, 0.3) is 0 Å². The second kappa shape index (κ2) is 8.53. The third-order valence-electron chi connectivity index (χ3n) is 2.53. The molecule has 4 heteroatoms. The molecule has 1 heterocycles. The lowest BCUT2D eigenvalue weighted by Gasteiger charge is -2.22. The van der Waals surface area contributed by atoms with Gasteiger partial charge in [-0.05, 0) is 6.42 Å². The van der Waals surface area contributed by atoms with E-state index in [4.69, 9.17) is 14.2 Å². The lowest BCUT2D eigenvalue weighted by molar-refractivity contribution is -0.214. The maximum atomic E-state index is 11.4. The third kappa shape index (κ3) is 6.08. The average Bonchev–Trinajstić information content (AvgIpc) is 2.30. The number of hydrogen-bond donors (Lipinski definition) is 0. The van der Waals surface area contributed by atoms with E-state index >= 15 is 0 Å². The van der Waals surface area contributed by atoms with Gasteiger partial charge < -0.3 is 14.2 Å². The smallest absolute Gasteiger partial charge is 0.308 e. The molecular formula is C12H22O4. The van der Waals surface area contributed by atoms with E-state index in [2.05, 4.69) is 6.92 Å². The number of rotatable bonds is 7. The molecule has 0 aromatic carbocycles. The molecule has 0 aromatic heterocycles. The van der Waals surface area contributed by atoms with E-state index in [9.17, 15) is 4.79 Å². The normalized spacial score (nSPS) is 20.7. The highest BCUT2D eigenvalue weighted by molar-refractivity contribution is 5.69. The summed E-state index contributed by atoms with van der Waals surface area (Å²) in [6.07, 6.45) is 5.68. The minimum atomic E-state index is -0.489. The first-order chi connectivity index (χ1) is 7.83. The Kier molecular flexibility index (Phi) is 7.17. The summed E-state index contributed by atoms with van der Waals surface area (Å²) in [6, 6.07) is 0. The molecule has 0 spiro atoms. The number of esters is 1. The molecule has 0 amide bonds. The van der Waals surface area contributed by atoms with Gasteiger partial charge in [0, 0.05) is 6.42 Å². The first kappa shape index (κ1) is 13.5. The van der Waals surface area contributed by atoms with Gasteiger partial charge in [-0.3, -0.25) is 4.79 Å². The van der Waals surface area contributed by atoms with Gasteiger partial charge in [-0.2, -0.15) is 0 Å². The zero-order valence-corrected chi connectivity index (χ0v) is 10.1. The van der Waals surface area contributed by atoms with E-state index in [1.807, 2.05) is 0 Å². The topological polar surface area (TPSA) is 44.8 Å². The Morgan fingerprint density at radius 1 is 1.25 bits per heavy atom. The number of unbranched alkanes of at least 4 members (excludes halogenated alkanes) is 4. The van der Waals surface area contributed by atoms with Gasteiger partial charge in [0.2, 0.25) is 6.29 Å². The molecule has 1 fully saturated rings. The van der Waals surface area contributed by atoms with E-state index in [-0.39, 0.29) is 5.97 Å². The Balaban J connectivity index is 1.97. The van der Waals surface area contributed by atoms with Crippen molar-refractivity contribution in [1.29, 1.82) is 0 Å². The number of hydrogen-bond acceptors (Lipinski definition) is 4. The molecule has 0 N–H and O–H groups in total. The summed E-state index contributed by atoms with van der Waals surface area (Å²) in [5.41, 5.74) is 0. The summed E-state index contributed by atoms with van der Waals surface area (Å²) in [7, 11) is 0. The highest BCUT2D eigenvalue weighted by atomic mass is 16.7. The monoisotopic (exact) mass is 230 g/mol. The highest BCUT2D eigenvalue weighted by Crippen LogP contribution is 2.08. The van der Waals surface area contributed by atoms with E-state index in [0.29, 0.717) is 26.2 Å². The molecule has 1 rings (SSSR count). The van der Waals surface area contributed by atoms with Crippen LogP contribution in [0.4, 0.5) is 0 Å². The van der Waals surface area contributed by atoms with Crippen molar-refractivity contribution in [2.45, 2.75) is 51.7 Å². The van der Waals surface area contributed by atoms with E-state index in [1.165, 1.54) is 19.3 Å². The number of ether oxygens (including phenoxy) is 3. The maximum absolute atomic E-state index is 11.4. The van der Waals surface area contributed by atoms with Crippen molar-refractivity contribution in [2.24, 2.45) is 0 Å². The van der Waals surface area contributed by atoms with Crippen molar-refractivity contribution in [3.05, 3.63) is 0 Å². The third-order valence-corrected chi connectivity index (χ3v) is 2.53. The molecule has 0 saturated carbocycles. The number of carbonyl (C=O) groups is 1. The summed E-state index contributed by atoms with van der Waals surface area (Å²) < 4.78 is 15.5. The molecule has 0 aliphatic carbocycles. The van der Waals surface area contributed by atoms with E-state index < -0.39 is 6.29 Å². The zero-order chi connectivity index (χ0) is 11.6. The molecule has 16 heavy (non-hydrogen) atoms. The lowest BCUT2D eigenvalue weighted by Crippen LogP contribution is -2.32. The van der Waals surface area contributed by atoms with Gasteiger partial charge in [-0.25, -0.2) is 0 Å². The van der Waals surface area contributed by atoms with Crippen LogP contribution in [0.2, 0.25) is 0 Å². The molecular weight excluding hydrogens is 208 g/mol. The fourth-order valence-electron chi connectivity index (χ4n) is 1.61. The highest BCUT2D eigenvalue weighted by Gasteiger charge is 2.18. The minimum absolute atomic E-state index is 0.174. The van der Waals surface area contributed by atoms with Crippen molar-refractivity contribution in [1.82, 2.24) is 0 Å². The molecule has 4 nitrogen and oxygen atoms in total. The first-order valence-electron chi connectivity index (χ1n) is 6.21. The predicted molar refractivity (Wildman–Crippen MR) is 60.0 cm³/mol. The molecule has 0 aromatic rings. The van der Waals surface area contributed by atoms with E-state index in [0.717, 1.165) is 12.8 Å². The molecule has 94 valence electrons. The fourth-order valence-corrected chi connectivity index (χ4v) is 1.61. The second-order valence-electron chi connectivity index (χ2n) is 4.03. The standard InChI is InChI=1S/C12H22O4/c1-2-3-4-5-6-7-11(13)16-12-10-14-8-9-15-12/h12H,2-10H2,1H3. The van der Waals surface area contributed by atoms with Crippen LogP contribution in [-0.4, -0.2) is 32.1 Å². The molecule has 0 radical (unpaired) electrons. The van der Waals surface area contributed by atoms with Crippen LogP contribution in [0.1, 0.15) is 45.4 Å². The van der Waals surface area contributed by atoms with Gasteiger partial charge in [0.05, 0.1) is 13.2 Å². The van der Waals surface area contributed by atoms with Crippen LogP contribution >= 0.6 is 0 Å². The summed E-state index contributed by atoms with van der Waals surface area (Å²) in [5.74, 6) is -0.174. The zero-order valence-electron chi connectivity index (χ0n) is 10.1. The minimum Gasteiger partial charge on any atom is -0.433 e. The predicted octanol–water partition coefficient (Wildman–Crippen LogP) is 2.26. The SMILES string of the molecule is CCCCCCCC(=O)OC1COCCO1. The van der Waals surface area contributed by atoms with Gasteiger partial charge >= 0.3 is 5.97 Å². The van der Waals surface area contributed by atoms with Gasteiger partial charge in [0.25, 0.3) is 0 Å². The molecule has 1 saturated heterocycles. The first-order valence-corrected chi connectivity index (χ1v) is 6.21. The van der Waals surface area contributed by atoms with Crippen molar-refractivity contribution in [3.8, 4) is 0 Å². The Morgan fingerprint density at radius 2 is 2.06 bits per heavy atom. The van der Waals surface area contributed by atoms with Crippen LogP contribution in [-0.2, 0) is 19.0 Å². The second-order valence-corrected chi connectivity index (χ2v) is 4.03. The Labute approximate surface area is 97.2 Å². The van der Waals surface area contributed by atoms with Crippen LogP contribution < -0.4 is 0 Å². The van der Waals surface area contributed by atoms with Gasteiger partial charge in [0.1, 0.15) is 6.61 Å². The molecule has 0 bridgehead atoms. The average molecular weight is 230 g/mol. The quantitative estimate of drug-likeness (QED) is 0.497. The summed E-state index contributed by atoms with van der Waals surface area (Å²) >= 11 is 0. The van der Waals surface area contributed by atoms with Gasteiger partial charge in [-0.15, -0.1) is 0 Å². The summed E-state index contributed by atoms with van der Waals surface area (Å²) in [4.78, 5) is 11.4. The van der Waals surface area contributed by atoms with Gasteiger partial charge in [0.15, 0.2) is 0 Å². The van der Waals surface area contributed by atoms with Crippen LogP contribution in [0, 0.1) is 0 Å². The van der Waals surface area contributed by atoms with Crippen LogP contribution in [0.3, 0.4) is 0 Å². The molecule has 1 aliphatic rings. The fraction of sp³-hybridized carbons (Fsp3) is 0.917. The van der Waals surface area contributed by atoms with E-state index in [1.54, 1.807) is 0 Å². The van der Waals surface area contributed by atoms with Crippen LogP contribution in [0.5, 0.6) is 0 Å². The lowest BCUT2D eigenvalue weighted by atomic mass is 10.1. The molecule has 1 aliphatic heterocycles. The maximum Gasteiger partial charge on any atom is 0.308 e.